The smallest absolute Gasteiger partial charge is 0.322 e. The van der Waals surface area contributed by atoms with E-state index < -0.39 is 11.7 Å². The second-order valence-corrected chi connectivity index (χ2v) is 8.54. The molecule has 3 aromatic heterocycles. The summed E-state index contributed by atoms with van der Waals surface area (Å²) < 4.78 is 15.7. The molecule has 13 nitrogen and oxygen atoms in total. The first-order valence-corrected chi connectivity index (χ1v) is 12.0. The molecule has 200 valence electrons. The number of piperazine rings is 1. The number of carbonyl (C=O) groups excluding carboxylic acids is 3. The topological polar surface area (TPSA) is 153 Å². The van der Waals surface area contributed by atoms with Crippen LogP contribution in [0.25, 0.3) is 22.4 Å². The zero-order chi connectivity index (χ0) is 27.5. The van der Waals surface area contributed by atoms with Crippen LogP contribution in [0.1, 0.15) is 20.7 Å². The Labute approximate surface area is 222 Å². The van der Waals surface area contributed by atoms with Gasteiger partial charge in [-0.2, -0.15) is 9.97 Å². The number of Topliss-reactive ketones (excluding diaryl/α,β-unsaturated/α-hetero) is 1. The van der Waals surface area contributed by atoms with Gasteiger partial charge in [0.2, 0.25) is 0 Å². The van der Waals surface area contributed by atoms with Crippen LogP contribution in [0, 0.1) is 0 Å². The van der Waals surface area contributed by atoms with Crippen molar-refractivity contribution in [2.24, 2.45) is 0 Å². The maximum atomic E-state index is 13.4. The number of amides is 2. The van der Waals surface area contributed by atoms with Gasteiger partial charge in [-0.3, -0.25) is 14.4 Å². The van der Waals surface area contributed by atoms with Gasteiger partial charge in [-0.25, -0.2) is 4.98 Å². The van der Waals surface area contributed by atoms with Gasteiger partial charge in [0.15, 0.2) is 5.82 Å². The van der Waals surface area contributed by atoms with E-state index in [0.717, 1.165) is 0 Å². The van der Waals surface area contributed by atoms with Crippen molar-refractivity contribution < 1.29 is 28.6 Å². The van der Waals surface area contributed by atoms with Gasteiger partial charge in [-0.1, -0.05) is 18.2 Å². The second-order valence-electron chi connectivity index (χ2n) is 8.54. The van der Waals surface area contributed by atoms with Crippen LogP contribution >= 0.6 is 0 Å². The van der Waals surface area contributed by atoms with E-state index in [1.165, 1.54) is 38.6 Å². The maximum Gasteiger partial charge on any atom is 0.322 e. The number of carbonyl (C=O) groups is 3. The number of rotatable bonds is 7. The van der Waals surface area contributed by atoms with E-state index in [2.05, 4.69) is 24.9 Å². The van der Waals surface area contributed by atoms with E-state index in [9.17, 15) is 14.4 Å². The van der Waals surface area contributed by atoms with Gasteiger partial charge in [0.1, 0.15) is 11.4 Å². The van der Waals surface area contributed by atoms with E-state index in [1.807, 2.05) is 6.07 Å². The minimum Gasteiger partial charge on any atom is -0.494 e. The highest BCUT2D eigenvalue weighted by Gasteiger charge is 2.31. The Morgan fingerprint density at radius 2 is 1.49 bits per heavy atom. The Hall–Kier alpha value is -5.07. The first-order valence-electron chi connectivity index (χ1n) is 12.0. The van der Waals surface area contributed by atoms with Gasteiger partial charge in [-0.15, -0.1) is 4.98 Å². The summed E-state index contributed by atoms with van der Waals surface area (Å²) in [4.78, 5) is 62.4. The summed E-state index contributed by atoms with van der Waals surface area (Å²) in [6.45, 7) is 1.11. The molecule has 1 fully saturated rings. The largest absolute Gasteiger partial charge is 0.494 e. The van der Waals surface area contributed by atoms with Crippen LogP contribution in [-0.4, -0.2) is 99.8 Å². The van der Waals surface area contributed by atoms with Gasteiger partial charge in [-0.05, 0) is 12.1 Å². The van der Waals surface area contributed by atoms with Crippen LogP contribution in [0.2, 0.25) is 0 Å². The van der Waals surface area contributed by atoms with Gasteiger partial charge in [0.25, 0.3) is 17.6 Å². The molecule has 0 aliphatic carbocycles. The lowest BCUT2D eigenvalue weighted by Crippen LogP contribution is -2.52. The summed E-state index contributed by atoms with van der Waals surface area (Å²) in [5, 5.41) is 0.358. The molecule has 4 heterocycles. The van der Waals surface area contributed by atoms with E-state index in [0.29, 0.717) is 29.6 Å². The highest BCUT2D eigenvalue weighted by Crippen LogP contribution is 2.34. The van der Waals surface area contributed by atoms with Gasteiger partial charge >= 0.3 is 12.0 Å². The normalized spacial score (nSPS) is 13.3. The number of fused-ring (bicyclic) bond motifs is 1. The van der Waals surface area contributed by atoms with Crippen LogP contribution in [0.15, 0.2) is 42.7 Å². The Kier molecular flexibility index (Phi) is 7.04. The number of nitrogens with one attached hydrogen (secondary N) is 1. The van der Waals surface area contributed by atoms with Crippen molar-refractivity contribution in [3.05, 3.63) is 53.9 Å². The zero-order valence-corrected chi connectivity index (χ0v) is 21.5. The van der Waals surface area contributed by atoms with Crippen LogP contribution in [-0.2, 0) is 4.79 Å². The molecule has 0 radical (unpaired) electrons. The second kappa shape index (κ2) is 10.7. The molecule has 5 rings (SSSR count). The molecular weight excluding hydrogens is 506 g/mol. The summed E-state index contributed by atoms with van der Waals surface area (Å²) in [5.74, 6) is -1.07. The predicted octanol–water partition coefficient (Wildman–Crippen LogP) is 1.61. The number of hydrogen-bond acceptors (Lipinski definition) is 10. The monoisotopic (exact) mass is 531 g/mol. The van der Waals surface area contributed by atoms with E-state index in [4.69, 9.17) is 14.2 Å². The molecule has 1 aliphatic rings. The van der Waals surface area contributed by atoms with Crippen molar-refractivity contribution in [1.29, 1.82) is 0 Å². The fourth-order valence-corrected chi connectivity index (χ4v) is 4.38. The van der Waals surface area contributed by atoms with Crippen molar-refractivity contribution in [2.75, 3.05) is 47.5 Å². The fraction of sp³-hybridized carbons (Fsp3) is 0.269. The van der Waals surface area contributed by atoms with Crippen molar-refractivity contribution in [1.82, 2.24) is 34.7 Å². The molecule has 39 heavy (non-hydrogen) atoms. The van der Waals surface area contributed by atoms with Crippen molar-refractivity contribution in [3.8, 4) is 29.3 Å². The average molecular weight is 532 g/mol. The Balaban J connectivity index is 1.41. The third-order valence-corrected chi connectivity index (χ3v) is 6.38. The average Bonchev–Trinajstić information content (AvgIpc) is 3.45. The standard InChI is InChI=1S/C26H25N7O6/c1-37-17-14-28-20(22-29-25(38-2)31-26(30-22)39-3)19-18(17)16(13-27-19)21(34)24(36)33-11-9-32(10-12-33)23(35)15-7-5-4-6-8-15/h4-8,13-14,27H,9-12H2,1-3H3. The molecule has 13 heteroatoms. The lowest BCUT2D eigenvalue weighted by atomic mass is 10.1. The van der Waals surface area contributed by atoms with Crippen LogP contribution in [0.3, 0.4) is 0 Å². The van der Waals surface area contributed by atoms with Crippen LogP contribution in [0.4, 0.5) is 0 Å². The molecule has 0 spiro atoms. The molecule has 2 amide bonds. The lowest BCUT2D eigenvalue weighted by Gasteiger charge is -2.34. The number of hydrogen-bond donors (Lipinski definition) is 1. The molecule has 0 unspecified atom stereocenters. The summed E-state index contributed by atoms with van der Waals surface area (Å²) in [6, 6.07) is 8.98. The summed E-state index contributed by atoms with van der Waals surface area (Å²) in [6.07, 6.45) is 2.85. The molecule has 1 saturated heterocycles. The number of ketones is 1. The Morgan fingerprint density at radius 3 is 2.10 bits per heavy atom. The van der Waals surface area contributed by atoms with E-state index in [1.54, 1.807) is 29.2 Å². The van der Waals surface area contributed by atoms with Crippen molar-refractivity contribution in [3.63, 3.8) is 0 Å². The number of benzene rings is 1. The number of aromatic amines is 1. The molecular formula is C26H25N7O6. The summed E-state index contributed by atoms with van der Waals surface area (Å²) in [7, 11) is 4.26. The highest BCUT2D eigenvalue weighted by atomic mass is 16.5. The van der Waals surface area contributed by atoms with Crippen LogP contribution in [0.5, 0.6) is 17.8 Å². The quantitative estimate of drug-likeness (QED) is 0.275. The number of aromatic nitrogens is 5. The zero-order valence-electron chi connectivity index (χ0n) is 21.5. The Bertz CT molecular complexity index is 1530. The molecule has 0 saturated carbocycles. The third-order valence-electron chi connectivity index (χ3n) is 6.38. The molecule has 4 aromatic rings. The Morgan fingerprint density at radius 1 is 0.846 bits per heavy atom. The van der Waals surface area contributed by atoms with Gasteiger partial charge in [0.05, 0.1) is 44.0 Å². The highest BCUT2D eigenvalue weighted by molar-refractivity contribution is 6.45. The lowest BCUT2D eigenvalue weighted by molar-refractivity contribution is -0.127. The van der Waals surface area contributed by atoms with Gasteiger partial charge < -0.3 is 29.0 Å². The molecule has 0 atom stereocenters. The van der Waals surface area contributed by atoms with Crippen molar-refractivity contribution >= 4 is 28.5 Å². The summed E-state index contributed by atoms with van der Waals surface area (Å²) >= 11 is 0. The predicted molar refractivity (Wildman–Crippen MR) is 138 cm³/mol. The number of ether oxygens (including phenoxy) is 3. The number of methoxy groups -OCH3 is 3. The first-order chi connectivity index (χ1) is 18.9. The third kappa shape index (κ3) is 4.81. The number of H-pyrrole nitrogens is 1. The summed E-state index contributed by atoms with van der Waals surface area (Å²) in [5.41, 5.74) is 1.37. The minimum atomic E-state index is -0.717. The molecule has 1 aliphatic heterocycles. The van der Waals surface area contributed by atoms with E-state index >= 15 is 0 Å². The molecule has 1 N–H and O–H groups in total. The van der Waals surface area contributed by atoms with Crippen LogP contribution < -0.4 is 14.2 Å². The van der Waals surface area contributed by atoms with Gasteiger partial charge in [0, 0.05) is 37.9 Å². The number of nitrogens with zero attached hydrogens (tertiary/aromatic N) is 6. The maximum absolute atomic E-state index is 13.4. The number of pyridine rings is 1. The fourth-order valence-electron chi connectivity index (χ4n) is 4.38. The molecule has 1 aromatic carbocycles. The molecule has 0 bridgehead atoms. The minimum absolute atomic E-state index is 0.0190. The first kappa shape index (κ1) is 25.6. The SMILES string of the molecule is COc1nc(OC)nc(-c2ncc(OC)c3c(C(=O)C(=O)N4CCN(C(=O)c5ccccc5)CC4)c[nH]c23)n1. The van der Waals surface area contributed by atoms with E-state index in [-0.39, 0.29) is 53.8 Å². The van der Waals surface area contributed by atoms with Crippen molar-refractivity contribution in [2.45, 2.75) is 0 Å².